The van der Waals surface area contributed by atoms with Crippen molar-refractivity contribution >= 4 is 29.1 Å². The molecule has 0 aliphatic heterocycles. The molecule has 0 aliphatic rings. The number of amides is 1. The van der Waals surface area contributed by atoms with Crippen LogP contribution >= 0.6 is 23.2 Å². The molecule has 1 heterocycles. The summed E-state index contributed by atoms with van der Waals surface area (Å²) in [7, 11) is 0. The number of furan rings is 1. The third-order valence-electron chi connectivity index (χ3n) is 3.27. The van der Waals surface area contributed by atoms with Crippen LogP contribution in [0, 0.1) is 13.8 Å². The van der Waals surface area contributed by atoms with Crippen molar-refractivity contribution in [2.75, 3.05) is 0 Å². The molecule has 1 aromatic heterocycles. The van der Waals surface area contributed by atoms with Crippen molar-refractivity contribution in [1.82, 2.24) is 5.32 Å². The summed E-state index contributed by atoms with van der Waals surface area (Å²) in [6.07, 6.45) is 0.935. The molecule has 0 atom stereocenters. The van der Waals surface area contributed by atoms with Crippen molar-refractivity contribution in [2.24, 2.45) is 0 Å². The highest BCUT2D eigenvalue weighted by Crippen LogP contribution is 2.26. The molecular formula is C16H17Cl2NO2. The van der Waals surface area contributed by atoms with E-state index in [1.165, 1.54) is 0 Å². The maximum Gasteiger partial charge on any atom is 0.220 e. The van der Waals surface area contributed by atoms with E-state index < -0.39 is 0 Å². The Balaban J connectivity index is 1.85. The van der Waals surface area contributed by atoms with Gasteiger partial charge in [-0.3, -0.25) is 4.79 Å². The molecule has 0 saturated carbocycles. The van der Waals surface area contributed by atoms with Crippen molar-refractivity contribution in [3.8, 4) is 0 Å². The van der Waals surface area contributed by atoms with Crippen molar-refractivity contribution in [2.45, 2.75) is 33.2 Å². The normalized spacial score (nSPS) is 10.7. The Hall–Kier alpha value is -1.45. The molecule has 1 N–H and O–H groups in total. The molecule has 0 unspecified atom stereocenters. The van der Waals surface area contributed by atoms with Crippen LogP contribution in [0.3, 0.4) is 0 Å². The van der Waals surface area contributed by atoms with Gasteiger partial charge in [-0.1, -0.05) is 35.3 Å². The average molecular weight is 326 g/mol. The van der Waals surface area contributed by atoms with Crippen LogP contribution in [0.2, 0.25) is 10.0 Å². The monoisotopic (exact) mass is 325 g/mol. The summed E-state index contributed by atoms with van der Waals surface area (Å²) < 4.78 is 5.42. The number of carbonyl (C=O) groups excluding carboxylic acids is 1. The highest BCUT2D eigenvalue weighted by molar-refractivity contribution is 6.42. The second kappa shape index (κ2) is 7.01. The Bertz CT molecular complexity index is 650. The van der Waals surface area contributed by atoms with Crippen LogP contribution in [-0.4, -0.2) is 5.91 Å². The molecule has 0 bridgehead atoms. The first-order valence-corrected chi connectivity index (χ1v) is 7.48. The van der Waals surface area contributed by atoms with Crippen molar-refractivity contribution in [1.29, 1.82) is 0 Å². The first-order chi connectivity index (χ1) is 9.97. The Morgan fingerprint density at radius 2 is 2.00 bits per heavy atom. The number of nitrogens with one attached hydrogen (secondary N) is 1. The van der Waals surface area contributed by atoms with Crippen LogP contribution in [-0.2, 0) is 17.8 Å². The smallest absolute Gasteiger partial charge is 0.220 e. The fraction of sp³-hybridized carbons (Fsp3) is 0.312. The maximum absolute atomic E-state index is 11.9. The highest BCUT2D eigenvalue weighted by atomic mass is 35.5. The Labute approximate surface area is 134 Å². The summed E-state index contributed by atoms with van der Waals surface area (Å²) in [6.45, 7) is 4.25. The molecule has 2 rings (SSSR count). The summed E-state index contributed by atoms with van der Waals surface area (Å²) in [4.78, 5) is 11.9. The van der Waals surface area contributed by atoms with E-state index in [1.807, 2.05) is 32.0 Å². The zero-order valence-electron chi connectivity index (χ0n) is 12.0. The fourth-order valence-corrected chi connectivity index (χ4v) is 2.55. The standard InChI is InChI=1S/C16H17Cl2NO2/c1-10-8-13(11(2)21-10)9-19-15(20)7-6-12-4-3-5-14(17)16(12)18/h3-5,8H,6-7,9H2,1-2H3,(H,19,20). The summed E-state index contributed by atoms with van der Waals surface area (Å²) >= 11 is 12.0. The molecule has 2 aromatic rings. The van der Waals surface area contributed by atoms with Crippen molar-refractivity contribution in [3.63, 3.8) is 0 Å². The van der Waals surface area contributed by atoms with Crippen LogP contribution in [0.15, 0.2) is 28.7 Å². The van der Waals surface area contributed by atoms with E-state index in [-0.39, 0.29) is 5.91 Å². The third kappa shape index (κ3) is 4.26. The van der Waals surface area contributed by atoms with Gasteiger partial charge in [-0.25, -0.2) is 0 Å². The van der Waals surface area contributed by atoms with E-state index in [0.717, 1.165) is 22.6 Å². The highest BCUT2D eigenvalue weighted by Gasteiger charge is 2.09. The Morgan fingerprint density at radius 3 is 2.67 bits per heavy atom. The van der Waals surface area contributed by atoms with Crippen molar-refractivity contribution in [3.05, 3.63) is 57.0 Å². The number of halogens is 2. The summed E-state index contributed by atoms with van der Waals surface area (Å²) in [5, 5.41) is 3.92. The summed E-state index contributed by atoms with van der Waals surface area (Å²) in [5.41, 5.74) is 1.89. The minimum atomic E-state index is -0.0238. The van der Waals surface area contributed by atoms with Gasteiger partial charge in [0.1, 0.15) is 11.5 Å². The van der Waals surface area contributed by atoms with E-state index in [0.29, 0.717) is 29.4 Å². The quantitative estimate of drug-likeness (QED) is 0.882. The van der Waals surface area contributed by atoms with Gasteiger partial charge in [-0.15, -0.1) is 0 Å². The van der Waals surface area contributed by atoms with Crippen LogP contribution in [0.4, 0.5) is 0 Å². The molecule has 0 saturated heterocycles. The van der Waals surface area contributed by atoms with Gasteiger partial charge in [-0.05, 0) is 38.0 Å². The van der Waals surface area contributed by atoms with Gasteiger partial charge in [-0.2, -0.15) is 0 Å². The topological polar surface area (TPSA) is 42.2 Å². The van der Waals surface area contributed by atoms with Crippen LogP contribution < -0.4 is 5.32 Å². The van der Waals surface area contributed by atoms with Crippen LogP contribution in [0.1, 0.15) is 29.1 Å². The molecule has 0 aliphatic carbocycles. The third-order valence-corrected chi connectivity index (χ3v) is 4.13. The Morgan fingerprint density at radius 1 is 1.24 bits per heavy atom. The van der Waals surface area contributed by atoms with E-state index in [9.17, 15) is 4.79 Å². The van der Waals surface area contributed by atoms with E-state index >= 15 is 0 Å². The minimum absolute atomic E-state index is 0.0238. The minimum Gasteiger partial charge on any atom is -0.466 e. The van der Waals surface area contributed by atoms with Crippen LogP contribution in [0.25, 0.3) is 0 Å². The SMILES string of the molecule is Cc1cc(CNC(=O)CCc2cccc(Cl)c2Cl)c(C)o1. The number of hydrogen-bond acceptors (Lipinski definition) is 2. The largest absolute Gasteiger partial charge is 0.466 e. The molecule has 5 heteroatoms. The van der Waals surface area contributed by atoms with E-state index in [4.69, 9.17) is 27.6 Å². The lowest BCUT2D eigenvalue weighted by atomic mass is 10.1. The fourth-order valence-electron chi connectivity index (χ4n) is 2.13. The lowest BCUT2D eigenvalue weighted by Crippen LogP contribution is -2.23. The molecule has 0 fully saturated rings. The second-order valence-electron chi connectivity index (χ2n) is 4.93. The second-order valence-corrected chi connectivity index (χ2v) is 5.71. The van der Waals surface area contributed by atoms with Gasteiger partial charge in [0, 0.05) is 18.5 Å². The molecule has 21 heavy (non-hydrogen) atoms. The number of rotatable bonds is 5. The zero-order chi connectivity index (χ0) is 15.4. The summed E-state index contributed by atoms with van der Waals surface area (Å²) in [5.74, 6) is 1.66. The number of aryl methyl sites for hydroxylation is 3. The molecule has 0 radical (unpaired) electrons. The lowest BCUT2D eigenvalue weighted by molar-refractivity contribution is -0.121. The van der Waals surface area contributed by atoms with Gasteiger partial charge in [0.2, 0.25) is 5.91 Å². The average Bonchev–Trinajstić information content (AvgIpc) is 2.76. The molecular weight excluding hydrogens is 309 g/mol. The molecule has 112 valence electrons. The molecule has 1 aromatic carbocycles. The van der Waals surface area contributed by atoms with Gasteiger partial charge in [0.25, 0.3) is 0 Å². The zero-order valence-corrected chi connectivity index (χ0v) is 13.5. The first-order valence-electron chi connectivity index (χ1n) is 6.73. The van der Waals surface area contributed by atoms with Gasteiger partial charge >= 0.3 is 0 Å². The van der Waals surface area contributed by atoms with Crippen molar-refractivity contribution < 1.29 is 9.21 Å². The number of hydrogen-bond donors (Lipinski definition) is 1. The summed E-state index contributed by atoms with van der Waals surface area (Å²) in [6, 6.07) is 7.38. The lowest BCUT2D eigenvalue weighted by Gasteiger charge is -2.07. The maximum atomic E-state index is 11.9. The predicted molar refractivity (Wildman–Crippen MR) is 84.8 cm³/mol. The predicted octanol–water partition coefficient (Wildman–Crippen LogP) is 4.45. The first kappa shape index (κ1) is 15.9. The van der Waals surface area contributed by atoms with Gasteiger partial charge in [0.05, 0.1) is 10.0 Å². The molecule has 3 nitrogen and oxygen atoms in total. The van der Waals surface area contributed by atoms with Gasteiger partial charge in [0.15, 0.2) is 0 Å². The molecule has 1 amide bonds. The molecule has 0 spiro atoms. The number of carbonyl (C=O) groups is 1. The van der Waals surface area contributed by atoms with E-state index in [2.05, 4.69) is 5.32 Å². The Kier molecular flexibility index (Phi) is 5.32. The number of benzene rings is 1. The van der Waals surface area contributed by atoms with E-state index in [1.54, 1.807) is 6.07 Å². The van der Waals surface area contributed by atoms with Crippen LogP contribution in [0.5, 0.6) is 0 Å². The van der Waals surface area contributed by atoms with Gasteiger partial charge < -0.3 is 9.73 Å².